The van der Waals surface area contributed by atoms with Crippen molar-refractivity contribution in [3.63, 3.8) is 0 Å². The maximum atomic E-state index is 2.92. The molecule has 4 aliphatic rings. The molecule has 37 heavy (non-hydrogen) atoms. The first-order chi connectivity index (χ1) is 18.3. The number of fused-ring (bicyclic) bond motifs is 1. The molecule has 4 aromatic carbocycles. The molecule has 2 bridgehead atoms. The zero-order chi connectivity index (χ0) is 24.4. The second-order valence-corrected chi connectivity index (χ2v) is 12.5. The summed E-state index contributed by atoms with van der Waals surface area (Å²) in [5.41, 5.74) is 1.55. The molecule has 0 aromatic heterocycles. The molecule has 4 heteroatoms. The second kappa shape index (κ2) is 8.91. The molecule has 0 N–H and O–H groups in total. The summed E-state index contributed by atoms with van der Waals surface area (Å²) in [5.74, 6) is 0. The van der Waals surface area contributed by atoms with Gasteiger partial charge in [-0.1, -0.05) is 54.6 Å². The van der Waals surface area contributed by atoms with Crippen LogP contribution in [0.15, 0.2) is 54.6 Å². The Kier molecular flexibility index (Phi) is 5.47. The number of nitrogens with zero attached hydrogens (tertiary/aromatic N) is 4. The number of aryl methyl sites for hydroxylation is 1. The van der Waals surface area contributed by atoms with Gasteiger partial charge in [0.2, 0.25) is 0 Å². The number of quaternary nitrogens is 1. The predicted octanol–water partition coefficient (Wildman–Crippen LogP) is 5.16. The molecule has 4 unspecified atom stereocenters. The third-order valence-electron chi connectivity index (χ3n) is 10.6. The smallest absolute Gasteiger partial charge is 0.162 e. The first kappa shape index (κ1) is 22.7. The van der Waals surface area contributed by atoms with Gasteiger partial charge in [-0.05, 0) is 70.1 Å². The van der Waals surface area contributed by atoms with Crippen LogP contribution in [0.1, 0.15) is 31.2 Å². The summed E-state index contributed by atoms with van der Waals surface area (Å²) >= 11 is 0. The molecule has 4 atom stereocenters. The molecule has 4 saturated heterocycles. The zero-order valence-electron chi connectivity index (χ0n) is 22.2. The van der Waals surface area contributed by atoms with Crippen LogP contribution in [0.4, 0.5) is 0 Å². The Labute approximate surface area is 221 Å². The molecule has 0 spiro atoms. The number of hydrogen-bond donors (Lipinski definition) is 0. The minimum Gasteiger partial charge on any atom is -0.306 e. The Morgan fingerprint density at radius 1 is 0.703 bits per heavy atom. The fraction of sp³-hybridized carbons (Fsp3) is 0.515. The summed E-state index contributed by atoms with van der Waals surface area (Å²) < 4.78 is 1.38. The number of rotatable bonds is 5. The lowest BCUT2D eigenvalue weighted by atomic mass is 9.90. The fourth-order valence-corrected chi connectivity index (χ4v) is 8.93. The van der Waals surface area contributed by atoms with E-state index >= 15 is 0 Å². The lowest BCUT2D eigenvalue weighted by Crippen LogP contribution is -2.68. The van der Waals surface area contributed by atoms with E-state index in [0.29, 0.717) is 0 Å². The van der Waals surface area contributed by atoms with Gasteiger partial charge >= 0.3 is 0 Å². The lowest BCUT2D eigenvalue weighted by Gasteiger charge is -2.50. The van der Waals surface area contributed by atoms with E-state index in [1.54, 1.807) is 5.56 Å². The van der Waals surface area contributed by atoms with E-state index in [4.69, 9.17) is 0 Å². The highest BCUT2D eigenvalue weighted by atomic mass is 15.6. The first-order valence-corrected chi connectivity index (χ1v) is 15.0. The van der Waals surface area contributed by atoms with Crippen LogP contribution < -0.4 is 0 Å². The van der Waals surface area contributed by atoms with Crippen LogP contribution >= 0.6 is 0 Å². The number of unbranched alkanes of at least 4 members (excludes halogenated alkanes) is 1. The first-order valence-electron chi connectivity index (χ1n) is 15.0. The highest BCUT2D eigenvalue weighted by Crippen LogP contribution is 2.38. The van der Waals surface area contributed by atoms with Gasteiger partial charge in [-0.15, -0.1) is 0 Å². The Hall–Kier alpha value is -2.24. The van der Waals surface area contributed by atoms with Crippen LogP contribution in [0.5, 0.6) is 0 Å². The molecular formula is C33H41N4+. The van der Waals surface area contributed by atoms with Crippen molar-refractivity contribution in [1.29, 1.82) is 0 Å². The van der Waals surface area contributed by atoms with Crippen molar-refractivity contribution < 1.29 is 4.48 Å². The van der Waals surface area contributed by atoms with Crippen LogP contribution in [0.3, 0.4) is 0 Å². The van der Waals surface area contributed by atoms with E-state index in [-0.39, 0.29) is 0 Å². The van der Waals surface area contributed by atoms with Crippen LogP contribution in [-0.2, 0) is 6.42 Å². The third kappa shape index (κ3) is 3.64. The van der Waals surface area contributed by atoms with E-state index in [1.165, 1.54) is 134 Å². The van der Waals surface area contributed by atoms with E-state index in [9.17, 15) is 0 Å². The van der Waals surface area contributed by atoms with Gasteiger partial charge in [-0.2, -0.15) is 0 Å². The molecule has 4 aromatic rings. The average molecular weight is 494 g/mol. The van der Waals surface area contributed by atoms with Crippen molar-refractivity contribution in [2.75, 3.05) is 65.4 Å². The summed E-state index contributed by atoms with van der Waals surface area (Å²) in [6.07, 6.45) is 7.32. The summed E-state index contributed by atoms with van der Waals surface area (Å²) in [6, 6.07) is 21.6. The number of hydrogen-bond acceptors (Lipinski definition) is 3. The van der Waals surface area contributed by atoms with Crippen molar-refractivity contribution in [3.8, 4) is 0 Å². The normalized spacial score (nSPS) is 30.6. The topological polar surface area (TPSA) is 9.72 Å². The molecule has 0 saturated carbocycles. The molecule has 0 amide bonds. The highest BCUT2D eigenvalue weighted by Gasteiger charge is 2.54. The van der Waals surface area contributed by atoms with Gasteiger partial charge in [-0.3, -0.25) is 4.90 Å². The van der Waals surface area contributed by atoms with Gasteiger partial charge in [0.25, 0.3) is 0 Å². The molecule has 0 aliphatic carbocycles. The van der Waals surface area contributed by atoms with Gasteiger partial charge in [0.15, 0.2) is 6.17 Å². The van der Waals surface area contributed by atoms with E-state index in [2.05, 4.69) is 69.3 Å². The SMILES string of the molecule is c1cc2ccc3cccc4c(CCCC[N+]56CCCN7CCN8CCCN(CC5)C6C7C8)cc(c1)c2c34. The van der Waals surface area contributed by atoms with Gasteiger partial charge in [0.1, 0.15) is 0 Å². The van der Waals surface area contributed by atoms with Crippen LogP contribution in [0.25, 0.3) is 32.3 Å². The fourth-order valence-electron chi connectivity index (χ4n) is 8.93. The van der Waals surface area contributed by atoms with E-state index in [0.717, 1.165) is 12.2 Å². The Bertz CT molecular complexity index is 1430. The van der Waals surface area contributed by atoms with Crippen LogP contribution in [-0.4, -0.2) is 96.8 Å². The zero-order valence-corrected chi connectivity index (χ0v) is 22.2. The third-order valence-corrected chi connectivity index (χ3v) is 10.6. The predicted molar refractivity (Wildman–Crippen MR) is 154 cm³/mol. The van der Waals surface area contributed by atoms with Crippen molar-refractivity contribution in [1.82, 2.24) is 14.7 Å². The Morgan fingerprint density at radius 2 is 1.54 bits per heavy atom. The van der Waals surface area contributed by atoms with Gasteiger partial charge in [0.05, 0.1) is 32.2 Å². The number of benzene rings is 4. The number of piperazine rings is 1. The largest absolute Gasteiger partial charge is 0.306 e. The minimum atomic E-state index is 0.734. The van der Waals surface area contributed by atoms with Gasteiger partial charge in [-0.25, -0.2) is 4.90 Å². The maximum absolute atomic E-state index is 2.92. The summed E-state index contributed by atoms with van der Waals surface area (Å²) in [6.45, 7) is 13.3. The summed E-state index contributed by atoms with van der Waals surface area (Å²) in [7, 11) is 0. The van der Waals surface area contributed by atoms with Crippen LogP contribution in [0, 0.1) is 0 Å². The monoisotopic (exact) mass is 493 g/mol. The minimum absolute atomic E-state index is 0.734. The molecule has 8 rings (SSSR count). The van der Waals surface area contributed by atoms with E-state index in [1.807, 2.05) is 0 Å². The standard InChI is InChI=1S/C33H41N4/c1(7-27-23-28-10-3-8-25-12-13-26-9-4-11-29(27)32(26)31(25)28)2-20-37-21-6-16-35-18-17-34-14-5-15-36(19-22-37)33(37)30(35)24-34/h3-4,8-13,23,30,33H,1-2,5-7,14-22,24H2/q+1. The Balaban J connectivity index is 1.05. The molecule has 4 heterocycles. The summed E-state index contributed by atoms with van der Waals surface area (Å²) in [4.78, 5) is 8.59. The van der Waals surface area contributed by atoms with Gasteiger partial charge < -0.3 is 9.38 Å². The average Bonchev–Trinajstić information content (AvgIpc) is 3.19. The van der Waals surface area contributed by atoms with Crippen molar-refractivity contribution in [2.24, 2.45) is 0 Å². The molecule has 4 nitrogen and oxygen atoms in total. The van der Waals surface area contributed by atoms with Crippen LogP contribution in [0.2, 0.25) is 0 Å². The van der Waals surface area contributed by atoms with Crippen molar-refractivity contribution in [3.05, 3.63) is 60.2 Å². The maximum Gasteiger partial charge on any atom is 0.162 e. The second-order valence-electron chi connectivity index (χ2n) is 12.5. The molecule has 4 aliphatic heterocycles. The highest BCUT2D eigenvalue weighted by molar-refractivity contribution is 6.23. The lowest BCUT2D eigenvalue weighted by molar-refractivity contribution is -0.945. The van der Waals surface area contributed by atoms with Gasteiger partial charge in [0, 0.05) is 39.1 Å². The molecule has 0 radical (unpaired) electrons. The molecule has 192 valence electrons. The van der Waals surface area contributed by atoms with Crippen molar-refractivity contribution in [2.45, 2.75) is 44.3 Å². The Morgan fingerprint density at radius 3 is 2.49 bits per heavy atom. The quantitative estimate of drug-likeness (QED) is 0.216. The van der Waals surface area contributed by atoms with E-state index < -0.39 is 0 Å². The summed E-state index contributed by atoms with van der Waals surface area (Å²) in [5, 5.41) is 8.59. The molecule has 4 fully saturated rings. The van der Waals surface area contributed by atoms with Crippen molar-refractivity contribution >= 4 is 32.3 Å². The molecular weight excluding hydrogens is 452 g/mol.